The van der Waals surface area contributed by atoms with Gasteiger partial charge in [0, 0.05) is 12.6 Å². The van der Waals surface area contributed by atoms with Gasteiger partial charge in [-0.25, -0.2) is 0 Å². The topological polar surface area (TPSA) is 63.5 Å². The van der Waals surface area contributed by atoms with E-state index in [1.165, 1.54) is 22.7 Å². The average Bonchev–Trinajstić information content (AvgIpc) is 2.76. The second kappa shape index (κ2) is 7.15. The second-order valence-corrected chi connectivity index (χ2v) is 5.95. The predicted octanol–water partition coefficient (Wildman–Crippen LogP) is 3.54. The zero-order chi connectivity index (χ0) is 16.1. The van der Waals surface area contributed by atoms with Crippen molar-refractivity contribution in [1.29, 1.82) is 0 Å². The van der Waals surface area contributed by atoms with Gasteiger partial charge in [-0.05, 0) is 18.2 Å². The number of nitrogens with zero attached hydrogens (tertiary/aromatic N) is 2. The summed E-state index contributed by atoms with van der Waals surface area (Å²) in [6.45, 7) is 3.96. The molecule has 0 N–H and O–H groups in total. The van der Waals surface area contributed by atoms with E-state index in [1.807, 2.05) is 0 Å². The van der Waals surface area contributed by atoms with E-state index in [-0.39, 0.29) is 11.6 Å². The summed E-state index contributed by atoms with van der Waals surface area (Å²) in [5.41, 5.74) is 0.497. The van der Waals surface area contributed by atoms with E-state index in [2.05, 4.69) is 6.58 Å². The van der Waals surface area contributed by atoms with E-state index < -0.39 is 4.92 Å². The van der Waals surface area contributed by atoms with Crippen LogP contribution in [0, 0.1) is 10.1 Å². The van der Waals surface area contributed by atoms with Crippen molar-refractivity contribution < 1.29 is 9.72 Å². The fourth-order valence-electron chi connectivity index (χ4n) is 1.83. The monoisotopic (exact) mass is 332 g/mol. The van der Waals surface area contributed by atoms with Gasteiger partial charge >= 0.3 is 0 Å². The third-order valence-corrected chi connectivity index (χ3v) is 4.24. The van der Waals surface area contributed by atoms with Crippen LogP contribution in [-0.4, -0.2) is 26.6 Å². The lowest BCUT2D eigenvalue weighted by molar-refractivity contribution is -0.385. The van der Waals surface area contributed by atoms with Gasteiger partial charge in [-0.15, -0.1) is 6.58 Å². The number of thiocarbonyl (C=S) groups is 1. The number of hydrogen-bond donors (Lipinski definition) is 0. The van der Waals surface area contributed by atoms with E-state index >= 15 is 0 Å². The largest absolute Gasteiger partial charge is 0.289 e. The van der Waals surface area contributed by atoms with E-state index in [1.54, 1.807) is 42.5 Å². The van der Waals surface area contributed by atoms with Crippen LogP contribution >= 0.6 is 24.0 Å². The van der Waals surface area contributed by atoms with Gasteiger partial charge < -0.3 is 0 Å². The first-order valence-electron chi connectivity index (χ1n) is 6.31. The number of hydrogen-bond acceptors (Lipinski definition) is 5. The summed E-state index contributed by atoms with van der Waals surface area (Å²) < 4.78 is 0.482. The normalized spacial score (nSPS) is 16.7. The van der Waals surface area contributed by atoms with Crippen LogP contribution in [-0.2, 0) is 4.79 Å². The highest BCUT2D eigenvalue weighted by atomic mass is 32.2. The van der Waals surface area contributed by atoms with Crippen molar-refractivity contribution in [2.45, 2.75) is 0 Å². The maximum atomic E-state index is 12.1. The van der Waals surface area contributed by atoms with E-state index in [0.29, 0.717) is 21.3 Å². The van der Waals surface area contributed by atoms with Crippen LogP contribution in [0.2, 0.25) is 0 Å². The molecule has 0 spiro atoms. The molecule has 1 aliphatic heterocycles. The molecular formula is C15H12N2O3S2. The second-order valence-electron chi connectivity index (χ2n) is 4.28. The molecular weight excluding hydrogens is 320 g/mol. The van der Waals surface area contributed by atoms with Crippen LogP contribution < -0.4 is 0 Å². The Morgan fingerprint density at radius 3 is 2.82 bits per heavy atom. The third kappa shape index (κ3) is 3.49. The van der Waals surface area contributed by atoms with Crippen LogP contribution in [0.5, 0.6) is 0 Å². The molecule has 1 aromatic carbocycles. The maximum Gasteiger partial charge on any atom is 0.276 e. The minimum Gasteiger partial charge on any atom is -0.289 e. The average molecular weight is 332 g/mol. The summed E-state index contributed by atoms with van der Waals surface area (Å²) in [5.74, 6) is -0.179. The zero-order valence-corrected chi connectivity index (χ0v) is 13.1. The molecule has 0 unspecified atom stereocenters. The number of amides is 1. The molecule has 7 heteroatoms. The molecule has 22 heavy (non-hydrogen) atoms. The van der Waals surface area contributed by atoms with Gasteiger partial charge in [-0.3, -0.25) is 19.8 Å². The zero-order valence-electron chi connectivity index (χ0n) is 11.5. The van der Waals surface area contributed by atoms with Crippen molar-refractivity contribution in [3.8, 4) is 0 Å². The SMILES string of the molecule is C=CCN1C(=O)/C(=C\C=C\c2ccccc2[N+](=O)[O-])SC1=S. The Labute approximate surface area is 137 Å². The quantitative estimate of drug-likeness (QED) is 0.271. The van der Waals surface area contributed by atoms with Crippen molar-refractivity contribution in [2.24, 2.45) is 0 Å². The van der Waals surface area contributed by atoms with Crippen molar-refractivity contribution in [3.05, 3.63) is 69.7 Å². The third-order valence-electron chi connectivity index (χ3n) is 2.84. The molecule has 0 saturated carbocycles. The lowest BCUT2D eigenvalue weighted by Crippen LogP contribution is -2.27. The van der Waals surface area contributed by atoms with Crippen molar-refractivity contribution >= 4 is 46.0 Å². The fourth-order valence-corrected chi connectivity index (χ4v) is 3.06. The number of nitro benzene ring substituents is 1. The Bertz CT molecular complexity index is 710. The molecule has 0 bridgehead atoms. The number of carbonyl (C=O) groups excluding carboxylic acids is 1. The number of carbonyl (C=O) groups is 1. The van der Waals surface area contributed by atoms with E-state index in [9.17, 15) is 14.9 Å². The molecule has 5 nitrogen and oxygen atoms in total. The number of rotatable bonds is 5. The van der Waals surface area contributed by atoms with Crippen molar-refractivity contribution in [3.63, 3.8) is 0 Å². The fraction of sp³-hybridized carbons (Fsp3) is 0.0667. The molecule has 112 valence electrons. The molecule has 1 saturated heterocycles. The Hall–Kier alpha value is -2.25. The highest BCUT2D eigenvalue weighted by molar-refractivity contribution is 8.26. The number of para-hydroxylation sites is 1. The van der Waals surface area contributed by atoms with Gasteiger partial charge in [0.05, 0.1) is 15.4 Å². The van der Waals surface area contributed by atoms with Gasteiger partial charge in [0.2, 0.25) is 0 Å². The first-order valence-corrected chi connectivity index (χ1v) is 7.53. The molecule has 1 heterocycles. The van der Waals surface area contributed by atoms with Gasteiger partial charge in [-0.2, -0.15) is 0 Å². The summed E-state index contributed by atoms with van der Waals surface area (Å²) >= 11 is 6.33. The molecule has 1 aliphatic rings. The highest BCUT2D eigenvalue weighted by Gasteiger charge is 2.30. The predicted molar refractivity (Wildman–Crippen MR) is 92.3 cm³/mol. The smallest absolute Gasteiger partial charge is 0.276 e. The van der Waals surface area contributed by atoms with Crippen LogP contribution in [0.4, 0.5) is 5.69 Å². The Morgan fingerprint density at radius 1 is 1.41 bits per heavy atom. The van der Waals surface area contributed by atoms with E-state index in [0.717, 1.165) is 0 Å². The molecule has 1 aromatic rings. The minimum atomic E-state index is -0.441. The van der Waals surface area contributed by atoms with Crippen molar-refractivity contribution in [2.75, 3.05) is 6.54 Å². The summed E-state index contributed by atoms with van der Waals surface area (Å²) in [7, 11) is 0. The highest BCUT2D eigenvalue weighted by Crippen LogP contribution is 2.31. The molecule has 0 aromatic heterocycles. The van der Waals surface area contributed by atoms with Crippen molar-refractivity contribution in [1.82, 2.24) is 4.90 Å². The van der Waals surface area contributed by atoms with Gasteiger partial charge in [0.25, 0.3) is 11.6 Å². The lowest BCUT2D eigenvalue weighted by Gasteiger charge is -2.10. The van der Waals surface area contributed by atoms with Crippen LogP contribution in [0.1, 0.15) is 5.56 Å². The number of nitro groups is 1. The maximum absolute atomic E-state index is 12.1. The summed E-state index contributed by atoms with van der Waals surface area (Å²) in [5, 5.41) is 10.9. The lowest BCUT2D eigenvalue weighted by atomic mass is 10.1. The Balaban J connectivity index is 2.19. The van der Waals surface area contributed by atoms with Crippen LogP contribution in [0.25, 0.3) is 6.08 Å². The molecule has 0 aliphatic carbocycles. The Morgan fingerprint density at radius 2 is 2.14 bits per heavy atom. The molecule has 1 amide bonds. The Kier molecular flexibility index (Phi) is 5.24. The number of benzene rings is 1. The van der Waals surface area contributed by atoms with Crippen LogP contribution in [0.15, 0.2) is 54.0 Å². The number of allylic oxidation sites excluding steroid dienone is 2. The van der Waals surface area contributed by atoms with Gasteiger partial charge in [-0.1, -0.05) is 48.3 Å². The summed E-state index contributed by atoms with van der Waals surface area (Å²) in [6, 6.07) is 6.40. The molecule has 0 atom stereocenters. The summed E-state index contributed by atoms with van der Waals surface area (Å²) in [6.07, 6.45) is 6.43. The molecule has 2 rings (SSSR count). The number of thioether (sulfide) groups is 1. The van der Waals surface area contributed by atoms with E-state index in [4.69, 9.17) is 12.2 Å². The first-order chi connectivity index (χ1) is 10.5. The first kappa shape index (κ1) is 16.1. The standard InChI is InChI=1S/C15H12N2O3S2/c1-2-10-16-14(18)13(22-15(16)21)9-5-7-11-6-3-4-8-12(11)17(19)20/h2-9H,1,10H2/b7-5+,13-9+. The van der Waals surface area contributed by atoms with Gasteiger partial charge in [0.1, 0.15) is 4.32 Å². The van der Waals surface area contributed by atoms with Gasteiger partial charge in [0.15, 0.2) is 0 Å². The van der Waals surface area contributed by atoms with Crippen LogP contribution in [0.3, 0.4) is 0 Å². The minimum absolute atomic E-state index is 0.0198. The molecule has 1 fully saturated rings. The molecule has 0 radical (unpaired) electrons. The summed E-state index contributed by atoms with van der Waals surface area (Å²) in [4.78, 5) is 24.5.